The van der Waals surface area contributed by atoms with Gasteiger partial charge in [-0.15, -0.1) is 0 Å². The van der Waals surface area contributed by atoms with Crippen LogP contribution in [0.15, 0.2) is 54.9 Å². The van der Waals surface area contributed by atoms with Crippen molar-refractivity contribution in [2.24, 2.45) is 5.73 Å². The first-order chi connectivity index (χ1) is 18.2. The van der Waals surface area contributed by atoms with Crippen molar-refractivity contribution in [3.63, 3.8) is 0 Å². The number of para-hydroxylation sites is 1. The maximum atomic E-state index is 14.5. The summed E-state index contributed by atoms with van der Waals surface area (Å²) in [5.74, 6) is -0.251. The van der Waals surface area contributed by atoms with Crippen LogP contribution in [0, 0.1) is 5.82 Å². The van der Waals surface area contributed by atoms with Gasteiger partial charge in [0.05, 0.1) is 30.1 Å². The number of amides is 1. The Hall–Kier alpha value is -3.40. The van der Waals surface area contributed by atoms with E-state index in [0.29, 0.717) is 51.6 Å². The molecule has 4 aromatic rings. The van der Waals surface area contributed by atoms with E-state index in [0.717, 1.165) is 46.9 Å². The Bertz CT molecular complexity index is 1370. The van der Waals surface area contributed by atoms with E-state index < -0.39 is 0 Å². The number of fused-ring (bicyclic) bond motifs is 3. The number of nitrogens with two attached hydrogens (primary N) is 1. The number of nitrogens with zero attached hydrogens (tertiary/aromatic N) is 5. The van der Waals surface area contributed by atoms with Crippen LogP contribution in [0.25, 0.3) is 21.8 Å². The molecule has 37 heavy (non-hydrogen) atoms. The predicted molar refractivity (Wildman–Crippen MR) is 141 cm³/mol. The molecule has 8 nitrogen and oxygen atoms in total. The van der Waals surface area contributed by atoms with E-state index in [9.17, 15) is 9.18 Å². The second-order valence-electron chi connectivity index (χ2n) is 9.39. The van der Waals surface area contributed by atoms with Crippen molar-refractivity contribution in [3.8, 4) is 0 Å². The summed E-state index contributed by atoms with van der Waals surface area (Å²) in [6, 6.07) is 13.2. The lowest BCUT2D eigenvalue weighted by atomic mass is 10.1. The van der Waals surface area contributed by atoms with E-state index in [1.54, 1.807) is 12.3 Å². The topological polar surface area (TPSA) is 89.5 Å². The Morgan fingerprint density at radius 1 is 0.973 bits per heavy atom. The molecule has 0 radical (unpaired) electrons. The number of unbranched alkanes of at least 4 members (excludes halogenated alkanes) is 1. The van der Waals surface area contributed by atoms with Gasteiger partial charge in [-0.25, -0.2) is 4.39 Å². The first-order valence-corrected chi connectivity index (χ1v) is 12.9. The lowest BCUT2D eigenvalue weighted by Gasteiger charge is -2.27. The molecule has 1 fully saturated rings. The molecular weight excluding hydrogens is 471 g/mol. The van der Waals surface area contributed by atoms with Crippen LogP contribution in [-0.4, -0.2) is 69.6 Å². The molecule has 9 heteroatoms. The van der Waals surface area contributed by atoms with Gasteiger partial charge in [0, 0.05) is 54.9 Å². The summed E-state index contributed by atoms with van der Waals surface area (Å²) in [4.78, 5) is 26.4. The molecule has 1 aromatic carbocycles. The van der Waals surface area contributed by atoms with Crippen LogP contribution in [0.1, 0.15) is 24.2 Å². The molecule has 1 saturated heterocycles. The largest absolute Gasteiger partial charge is 0.378 e. The van der Waals surface area contributed by atoms with Crippen LogP contribution in [0.2, 0.25) is 0 Å². The maximum Gasteiger partial charge on any atom is 0.242 e. The molecule has 0 spiro atoms. The number of benzene rings is 1. The minimum atomic E-state index is -0.317. The number of pyridine rings is 2. The SMILES string of the molecule is NCCCCN(Cc1ncccc1F)Cc1nccc2c3ccccc3n(CC(=O)N3CCOCC3)c12. The van der Waals surface area contributed by atoms with Crippen molar-refractivity contribution >= 4 is 27.7 Å². The minimum Gasteiger partial charge on any atom is -0.378 e. The van der Waals surface area contributed by atoms with Gasteiger partial charge in [0.15, 0.2) is 0 Å². The van der Waals surface area contributed by atoms with Gasteiger partial charge in [0.1, 0.15) is 12.4 Å². The van der Waals surface area contributed by atoms with Gasteiger partial charge >= 0.3 is 0 Å². The van der Waals surface area contributed by atoms with Crippen LogP contribution in [0.4, 0.5) is 4.39 Å². The van der Waals surface area contributed by atoms with E-state index in [1.165, 1.54) is 6.07 Å². The number of carbonyl (C=O) groups is 1. The molecule has 4 heterocycles. The minimum absolute atomic E-state index is 0.0658. The van der Waals surface area contributed by atoms with Gasteiger partial charge in [0.25, 0.3) is 0 Å². The lowest BCUT2D eigenvalue weighted by Crippen LogP contribution is -2.42. The molecular formula is C28H33FN6O2. The Morgan fingerprint density at radius 2 is 1.76 bits per heavy atom. The second-order valence-corrected chi connectivity index (χ2v) is 9.39. The lowest BCUT2D eigenvalue weighted by molar-refractivity contribution is -0.135. The van der Waals surface area contributed by atoms with E-state index in [-0.39, 0.29) is 18.3 Å². The van der Waals surface area contributed by atoms with Crippen molar-refractivity contribution in [1.82, 2.24) is 24.3 Å². The fraction of sp³-hybridized carbons (Fsp3) is 0.393. The van der Waals surface area contributed by atoms with Gasteiger partial charge in [0.2, 0.25) is 5.91 Å². The fourth-order valence-corrected chi connectivity index (χ4v) is 5.05. The highest BCUT2D eigenvalue weighted by Gasteiger charge is 2.22. The third-order valence-corrected chi connectivity index (χ3v) is 6.92. The number of aromatic nitrogens is 3. The molecule has 0 saturated carbocycles. The third kappa shape index (κ3) is 5.64. The zero-order valence-electron chi connectivity index (χ0n) is 21.0. The van der Waals surface area contributed by atoms with Gasteiger partial charge in [-0.05, 0) is 50.2 Å². The van der Waals surface area contributed by atoms with E-state index in [4.69, 9.17) is 15.5 Å². The van der Waals surface area contributed by atoms with E-state index >= 15 is 0 Å². The third-order valence-electron chi connectivity index (χ3n) is 6.92. The standard InChI is InChI=1S/C28H33FN6O2/c29-23-7-5-11-31-24(23)18-33(13-4-3-10-30)19-25-28-22(9-12-32-25)21-6-1-2-8-26(21)35(28)20-27(36)34-14-16-37-17-15-34/h1-2,5-9,11-12H,3-4,10,13-20,30H2. The zero-order valence-corrected chi connectivity index (χ0v) is 21.0. The highest BCUT2D eigenvalue weighted by atomic mass is 19.1. The van der Waals surface area contributed by atoms with Crippen molar-refractivity contribution in [2.75, 3.05) is 39.4 Å². The summed E-state index contributed by atoms with van der Waals surface area (Å²) in [6.07, 6.45) is 5.20. The van der Waals surface area contributed by atoms with E-state index in [2.05, 4.69) is 20.5 Å². The number of rotatable bonds is 10. The molecule has 1 amide bonds. The van der Waals surface area contributed by atoms with Crippen molar-refractivity contribution in [2.45, 2.75) is 32.5 Å². The first kappa shape index (κ1) is 25.3. The Kier molecular flexibility index (Phi) is 8.03. The van der Waals surface area contributed by atoms with Gasteiger partial charge < -0.3 is 19.9 Å². The Labute approximate surface area is 215 Å². The molecule has 3 aromatic heterocycles. The van der Waals surface area contributed by atoms with Crippen molar-refractivity contribution < 1.29 is 13.9 Å². The van der Waals surface area contributed by atoms with Gasteiger partial charge in [-0.1, -0.05) is 18.2 Å². The van der Waals surface area contributed by atoms with Crippen LogP contribution in [-0.2, 0) is 29.2 Å². The zero-order chi connectivity index (χ0) is 25.6. The number of hydrogen-bond donors (Lipinski definition) is 1. The fourth-order valence-electron chi connectivity index (χ4n) is 5.05. The smallest absolute Gasteiger partial charge is 0.242 e. The van der Waals surface area contributed by atoms with Crippen LogP contribution in [0.5, 0.6) is 0 Å². The average Bonchev–Trinajstić information content (AvgIpc) is 3.25. The maximum absolute atomic E-state index is 14.5. The van der Waals surface area contributed by atoms with Crippen molar-refractivity contribution in [3.05, 3.63) is 72.1 Å². The number of morpholine rings is 1. The molecule has 0 bridgehead atoms. The molecule has 2 N–H and O–H groups in total. The normalized spacial score (nSPS) is 14.2. The summed E-state index contributed by atoms with van der Waals surface area (Å²) in [6.45, 7) is 4.76. The predicted octanol–water partition coefficient (Wildman–Crippen LogP) is 3.32. The van der Waals surface area contributed by atoms with Gasteiger partial charge in [-0.3, -0.25) is 19.7 Å². The Morgan fingerprint density at radius 3 is 2.57 bits per heavy atom. The summed E-state index contributed by atoms with van der Waals surface area (Å²) in [5.41, 5.74) is 8.94. The first-order valence-electron chi connectivity index (χ1n) is 12.9. The quantitative estimate of drug-likeness (QED) is 0.333. The summed E-state index contributed by atoms with van der Waals surface area (Å²) < 4.78 is 22.0. The van der Waals surface area contributed by atoms with E-state index in [1.807, 2.05) is 35.4 Å². The summed E-state index contributed by atoms with van der Waals surface area (Å²) >= 11 is 0. The Balaban J connectivity index is 1.52. The molecule has 5 rings (SSSR count). The summed E-state index contributed by atoms with van der Waals surface area (Å²) in [7, 11) is 0. The van der Waals surface area contributed by atoms with Crippen LogP contribution in [0.3, 0.4) is 0 Å². The van der Waals surface area contributed by atoms with Crippen LogP contribution < -0.4 is 5.73 Å². The molecule has 1 aliphatic heterocycles. The van der Waals surface area contributed by atoms with Crippen LogP contribution >= 0.6 is 0 Å². The molecule has 1 aliphatic rings. The number of hydrogen-bond acceptors (Lipinski definition) is 6. The van der Waals surface area contributed by atoms with Gasteiger partial charge in [-0.2, -0.15) is 0 Å². The number of halogens is 1. The highest BCUT2D eigenvalue weighted by molar-refractivity contribution is 6.09. The number of carbonyl (C=O) groups excluding carboxylic acids is 1. The highest BCUT2D eigenvalue weighted by Crippen LogP contribution is 2.31. The molecule has 0 unspecified atom stereocenters. The number of ether oxygens (including phenoxy) is 1. The molecule has 194 valence electrons. The van der Waals surface area contributed by atoms with Crippen molar-refractivity contribution in [1.29, 1.82) is 0 Å². The summed E-state index contributed by atoms with van der Waals surface area (Å²) in [5, 5.41) is 2.14. The second kappa shape index (κ2) is 11.8. The molecule has 0 aliphatic carbocycles. The molecule has 0 atom stereocenters. The monoisotopic (exact) mass is 504 g/mol. The average molecular weight is 505 g/mol.